The average Bonchev–Trinajstić information content (AvgIpc) is 3.27. The molecule has 2 N–H and O–H groups in total. The lowest BCUT2D eigenvalue weighted by atomic mass is 10.1. The Balaban J connectivity index is 1.45. The molecule has 0 spiro atoms. The molecule has 0 unspecified atom stereocenters. The summed E-state index contributed by atoms with van der Waals surface area (Å²) in [5.41, 5.74) is 6.22. The number of amides is 2. The Labute approximate surface area is 169 Å². The summed E-state index contributed by atoms with van der Waals surface area (Å²) in [6.45, 7) is 6.08. The molecule has 0 atom stereocenters. The zero-order valence-electron chi connectivity index (χ0n) is 15.9. The molecule has 3 aromatic rings. The first-order valence-electron chi connectivity index (χ1n) is 9.03. The van der Waals surface area contributed by atoms with E-state index in [1.54, 1.807) is 13.8 Å². The molecule has 1 aliphatic rings. The SMILES string of the molecule is Cc1nc(N2CCOCC2)sc1C(=O)NNC(=O)c1oc2ccc(F)cc2c1C. The number of furan rings is 1. The Hall–Kier alpha value is -2.98. The van der Waals surface area contributed by atoms with Crippen LogP contribution in [0, 0.1) is 19.7 Å². The van der Waals surface area contributed by atoms with Gasteiger partial charge in [0.1, 0.15) is 16.3 Å². The minimum atomic E-state index is -0.622. The number of aromatic nitrogens is 1. The first-order valence-corrected chi connectivity index (χ1v) is 9.85. The second kappa shape index (κ2) is 7.80. The maximum absolute atomic E-state index is 13.4. The number of nitrogens with zero attached hydrogens (tertiary/aromatic N) is 2. The van der Waals surface area contributed by atoms with Gasteiger partial charge in [-0.15, -0.1) is 0 Å². The van der Waals surface area contributed by atoms with Crippen LogP contribution >= 0.6 is 11.3 Å². The number of benzene rings is 1. The number of fused-ring (bicyclic) bond motifs is 1. The first kappa shape index (κ1) is 19.3. The van der Waals surface area contributed by atoms with Gasteiger partial charge < -0.3 is 14.1 Å². The number of anilines is 1. The molecule has 1 fully saturated rings. The van der Waals surface area contributed by atoms with E-state index in [2.05, 4.69) is 20.7 Å². The van der Waals surface area contributed by atoms with Crippen LogP contribution in [0.25, 0.3) is 11.0 Å². The number of morpholine rings is 1. The normalized spacial score (nSPS) is 14.2. The van der Waals surface area contributed by atoms with Gasteiger partial charge in [0.05, 0.1) is 18.9 Å². The Morgan fingerprint density at radius 2 is 1.90 bits per heavy atom. The molecule has 2 aromatic heterocycles. The number of nitrogens with one attached hydrogen (secondary N) is 2. The van der Waals surface area contributed by atoms with Gasteiger partial charge in [0.25, 0.3) is 5.91 Å². The lowest BCUT2D eigenvalue weighted by Crippen LogP contribution is -2.41. The largest absolute Gasteiger partial charge is 0.451 e. The molecular weight excluding hydrogens is 399 g/mol. The van der Waals surface area contributed by atoms with Crippen molar-refractivity contribution in [2.24, 2.45) is 0 Å². The van der Waals surface area contributed by atoms with Crippen LogP contribution in [0.3, 0.4) is 0 Å². The van der Waals surface area contributed by atoms with Crippen LogP contribution in [0.1, 0.15) is 31.5 Å². The summed E-state index contributed by atoms with van der Waals surface area (Å²) in [4.78, 5) is 31.9. The maximum Gasteiger partial charge on any atom is 0.305 e. The third-order valence-electron chi connectivity index (χ3n) is 4.67. The summed E-state index contributed by atoms with van der Waals surface area (Å²) in [7, 11) is 0. The van der Waals surface area contributed by atoms with E-state index in [1.165, 1.54) is 29.5 Å². The number of carbonyl (C=O) groups excluding carboxylic acids is 2. The predicted octanol–water partition coefficient (Wildman–Crippen LogP) is 2.56. The summed E-state index contributed by atoms with van der Waals surface area (Å²) in [5, 5.41) is 1.26. The molecule has 0 saturated carbocycles. The number of rotatable bonds is 3. The van der Waals surface area contributed by atoms with Gasteiger partial charge in [-0.25, -0.2) is 9.37 Å². The zero-order valence-corrected chi connectivity index (χ0v) is 16.7. The molecule has 0 aliphatic carbocycles. The molecular formula is C19H19FN4O4S. The van der Waals surface area contributed by atoms with Crippen molar-refractivity contribution < 1.29 is 23.1 Å². The monoisotopic (exact) mass is 418 g/mol. The Morgan fingerprint density at radius 3 is 2.66 bits per heavy atom. The second-order valence-electron chi connectivity index (χ2n) is 6.62. The third-order valence-corrected chi connectivity index (χ3v) is 5.88. The van der Waals surface area contributed by atoms with Crippen LogP contribution in [-0.4, -0.2) is 43.1 Å². The van der Waals surface area contributed by atoms with E-state index in [4.69, 9.17) is 9.15 Å². The average molecular weight is 418 g/mol. The number of hydrogen-bond acceptors (Lipinski definition) is 7. The standard InChI is InChI=1S/C19H19FN4O4S/c1-10-13-9-12(20)3-4-14(13)28-15(10)17(25)22-23-18(26)16-11(2)21-19(29-16)24-5-7-27-8-6-24/h3-4,9H,5-8H2,1-2H3,(H,22,25)(H,23,26). The fourth-order valence-corrected chi connectivity index (χ4v) is 4.13. The molecule has 8 nitrogen and oxygen atoms in total. The minimum absolute atomic E-state index is 0.0148. The Kier molecular flexibility index (Phi) is 5.20. The molecule has 1 saturated heterocycles. The molecule has 0 radical (unpaired) electrons. The van der Waals surface area contributed by atoms with Crippen molar-refractivity contribution in [3.63, 3.8) is 0 Å². The predicted molar refractivity (Wildman–Crippen MR) is 106 cm³/mol. The summed E-state index contributed by atoms with van der Waals surface area (Å²) in [6, 6.07) is 4.02. The summed E-state index contributed by atoms with van der Waals surface area (Å²) < 4.78 is 24.3. The first-order chi connectivity index (χ1) is 13.9. The fraction of sp³-hybridized carbons (Fsp3) is 0.316. The topological polar surface area (TPSA) is 96.7 Å². The summed E-state index contributed by atoms with van der Waals surface area (Å²) in [5.74, 6) is -1.49. The van der Waals surface area contributed by atoms with Gasteiger partial charge in [-0.1, -0.05) is 11.3 Å². The molecule has 1 aromatic carbocycles. The van der Waals surface area contributed by atoms with E-state index in [0.717, 1.165) is 18.2 Å². The van der Waals surface area contributed by atoms with E-state index < -0.39 is 17.6 Å². The molecule has 1 aliphatic heterocycles. The lowest BCUT2D eigenvalue weighted by molar-refractivity contribution is 0.0833. The fourth-order valence-electron chi connectivity index (χ4n) is 3.12. The van der Waals surface area contributed by atoms with Gasteiger partial charge in [0, 0.05) is 24.0 Å². The van der Waals surface area contributed by atoms with Crippen molar-refractivity contribution in [2.45, 2.75) is 13.8 Å². The maximum atomic E-state index is 13.4. The molecule has 2 amide bonds. The number of hydrazine groups is 1. The molecule has 3 heterocycles. The highest BCUT2D eigenvalue weighted by molar-refractivity contribution is 7.17. The molecule has 10 heteroatoms. The number of aryl methyl sites for hydroxylation is 2. The van der Waals surface area contributed by atoms with E-state index in [0.29, 0.717) is 40.3 Å². The number of ether oxygens (including phenoxy) is 1. The summed E-state index contributed by atoms with van der Waals surface area (Å²) >= 11 is 1.26. The van der Waals surface area contributed by atoms with Crippen molar-refractivity contribution >= 4 is 39.3 Å². The van der Waals surface area contributed by atoms with Crippen LogP contribution in [-0.2, 0) is 4.74 Å². The number of thiazole rings is 1. The van der Waals surface area contributed by atoms with Gasteiger partial charge in [0.2, 0.25) is 0 Å². The van der Waals surface area contributed by atoms with E-state index in [-0.39, 0.29) is 5.76 Å². The number of halogens is 1. The van der Waals surface area contributed by atoms with Gasteiger partial charge >= 0.3 is 5.91 Å². The Bertz CT molecular complexity index is 1090. The quantitative estimate of drug-likeness (QED) is 0.635. The van der Waals surface area contributed by atoms with Crippen LogP contribution in [0.5, 0.6) is 0 Å². The third kappa shape index (κ3) is 3.81. The van der Waals surface area contributed by atoms with Crippen molar-refractivity contribution in [3.05, 3.63) is 45.9 Å². The highest BCUT2D eigenvalue weighted by atomic mass is 32.1. The lowest BCUT2D eigenvalue weighted by Gasteiger charge is -2.25. The van der Waals surface area contributed by atoms with Gasteiger partial charge in [-0.05, 0) is 32.0 Å². The van der Waals surface area contributed by atoms with Crippen molar-refractivity contribution in [2.75, 3.05) is 31.2 Å². The van der Waals surface area contributed by atoms with Gasteiger partial charge in [0.15, 0.2) is 10.9 Å². The number of carbonyl (C=O) groups is 2. The highest BCUT2D eigenvalue weighted by Crippen LogP contribution is 2.27. The summed E-state index contributed by atoms with van der Waals surface area (Å²) in [6.07, 6.45) is 0. The molecule has 4 rings (SSSR count). The van der Waals surface area contributed by atoms with Crippen molar-refractivity contribution in [1.29, 1.82) is 0 Å². The number of hydrogen-bond donors (Lipinski definition) is 2. The molecule has 0 bridgehead atoms. The highest BCUT2D eigenvalue weighted by Gasteiger charge is 2.22. The second-order valence-corrected chi connectivity index (χ2v) is 7.59. The molecule has 29 heavy (non-hydrogen) atoms. The van der Waals surface area contributed by atoms with Crippen LogP contribution in [0.2, 0.25) is 0 Å². The van der Waals surface area contributed by atoms with Gasteiger partial charge in [-0.2, -0.15) is 0 Å². The van der Waals surface area contributed by atoms with Crippen LogP contribution < -0.4 is 15.8 Å². The zero-order chi connectivity index (χ0) is 20.5. The van der Waals surface area contributed by atoms with Gasteiger partial charge in [-0.3, -0.25) is 20.4 Å². The van der Waals surface area contributed by atoms with E-state index >= 15 is 0 Å². The van der Waals surface area contributed by atoms with Crippen LogP contribution in [0.15, 0.2) is 22.6 Å². The van der Waals surface area contributed by atoms with E-state index in [9.17, 15) is 14.0 Å². The Morgan fingerprint density at radius 1 is 1.17 bits per heavy atom. The smallest absolute Gasteiger partial charge is 0.305 e. The minimum Gasteiger partial charge on any atom is -0.451 e. The van der Waals surface area contributed by atoms with Crippen molar-refractivity contribution in [1.82, 2.24) is 15.8 Å². The van der Waals surface area contributed by atoms with E-state index in [1.807, 2.05) is 0 Å². The van der Waals surface area contributed by atoms with Crippen molar-refractivity contribution in [3.8, 4) is 0 Å². The molecule has 152 valence electrons. The van der Waals surface area contributed by atoms with Crippen LogP contribution in [0.4, 0.5) is 9.52 Å².